The van der Waals surface area contributed by atoms with Gasteiger partial charge in [0.15, 0.2) is 5.75 Å². The van der Waals surface area contributed by atoms with Crippen LogP contribution in [0.4, 0.5) is 10.8 Å². The molecule has 0 fully saturated rings. The molecule has 2 aromatic carbocycles. The second-order valence-electron chi connectivity index (χ2n) is 5.04. The van der Waals surface area contributed by atoms with Gasteiger partial charge in [-0.2, -0.15) is 5.10 Å². The number of anilines is 1. The summed E-state index contributed by atoms with van der Waals surface area (Å²) in [5, 5.41) is 27.6. The molecule has 0 spiro atoms. The molecule has 1 heterocycles. The Kier molecular flexibility index (Phi) is 5.36. The fourth-order valence-corrected chi connectivity index (χ4v) is 3.24. The zero-order chi connectivity index (χ0) is 18.7. The Morgan fingerprint density at radius 3 is 2.81 bits per heavy atom. The van der Waals surface area contributed by atoms with Gasteiger partial charge in [0.05, 0.1) is 21.9 Å². The van der Waals surface area contributed by atoms with Crippen molar-refractivity contribution in [1.82, 2.24) is 4.98 Å². The lowest BCUT2D eigenvalue weighted by atomic mass is 10.2. The molecule has 0 bridgehead atoms. The molecule has 0 saturated carbocycles. The Bertz CT molecular complexity index is 1010. The molecule has 1 aromatic heterocycles. The number of thiazole rings is 1. The van der Waals surface area contributed by atoms with Gasteiger partial charge in [0.2, 0.25) is 5.13 Å². The molecule has 7 nitrogen and oxygen atoms in total. The molecule has 3 aromatic rings. The minimum atomic E-state index is -0.664. The summed E-state index contributed by atoms with van der Waals surface area (Å²) in [6.07, 6.45) is 1.39. The number of hydrogen-bond acceptors (Lipinski definition) is 7. The van der Waals surface area contributed by atoms with Crippen LogP contribution >= 0.6 is 34.5 Å². The highest BCUT2D eigenvalue weighted by Gasteiger charge is 2.13. The van der Waals surface area contributed by atoms with E-state index in [-0.39, 0.29) is 5.69 Å². The molecule has 0 aliphatic rings. The average Bonchev–Trinajstić information content (AvgIpc) is 3.04. The van der Waals surface area contributed by atoms with Crippen LogP contribution in [-0.2, 0) is 0 Å². The first kappa shape index (κ1) is 18.1. The van der Waals surface area contributed by atoms with Crippen molar-refractivity contribution in [3.05, 3.63) is 67.5 Å². The van der Waals surface area contributed by atoms with Crippen molar-refractivity contribution in [3.8, 4) is 17.0 Å². The van der Waals surface area contributed by atoms with Crippen LogP contribution in [0.25, 0.3) is 11.3 Å². The summed E-state index contributed by atoms with van der Waals surface area (Å²) < 4.78 is 0. The molecule has 0 radical (unpaired) electrons. The van der Waals surface area contributed by atoms with Crippen LogP contribution in [0.1, 0.15) is 5.56 Å². The minimum Gasteiger partial charge on any atom is -0.502 e. The quantitative estimate of drug-likeness (QED) is 0.344. The van der Waals surface area contributed by atoms with Gasteiger partial charge in [0.1, 0.15) is 0 Å². The van der Waals surface area contributed by atoms with E-state index in [9.17, 15) is 15.2 Å². The lowest BCUT2D eigenvalue weighted by Crippen LogP contribution is -1.93. The molecule has 0 unspecified atom stereocenters. The number of rotatable bonds is 5. The fourth-order valence-electron chi connectivity index (χ4n) is 2.08. The standard InChI is InChI=1S/C16H10Cl2N4O3S/c17-10-2-3-11(12(18)6-10)13-8-26-16(20-13)21-19-7-9-1-4-15(23)14(5-9)22(24)25/h1-8,23H,(H,20,21). The van der Waals surface area contributed by atoms with Gasteiger partial charge < -0.3 is 5.11 Å². The summed E-state index contributed by atoms with van der Waals surface area (Å²) >= 11 is 13.4. The highest BCUT2D eigenvalue weighted by atomic mass is 35.5. The third-order valence-electron chi connectivity index (χ3n) is 3.28. The van der Waals surface area contributed by atoms with Gasteiger partial charge in [-0.3, -0.25) is 15.5 Å². The van der Waals surface area contributed by atoms with E-state index in [1.165, 1.54) is 35.8 Å². The monoisotopic (exact) mass is 408 g/mol. The molecule has 0 amide bonds. The van der Waals surface area contributed by atoms with Crippen molar-refractivity contribution < 1.29 is 10.0 Å². The first-order valence-electron chi connectivity index (χ1n) is 7.11. The number of aromatic hydroxyl groups is 1. The largest absolute Gasteiger partial charge is 0.502 e. The number of nitro groups is 1. The summed E-state index contributed by atoms with van der Waals surface area (Å²) in [5.41, 5.74) is 4.25. The SMILES string of the molecule is O=[N+]([O-])c1cc(C=NNc2nc(-c3ccc(Cl)cc3Cl)cs2)ccc1O. The van der Waals surface area contributed by atoms with Gasteiger partial charge in [0, 0.05) is 27.6 Å². The molecule has 132 valence electrons. The van der Waals surface area contributed by atoms with Gasteiger partial charge in [-0.05, 0) is 30.3 Å². The smallest absolute Gasteiger partial charge is 0.311 e. The summed E-state index contributed by atoms with van der Waals surface area (Å²) in [4.78, 5) is 14.5. The number of nitro benzene ring substituents is 1. The number of hydrogen-bond donors (Lipinski definition) is 2. The molecule has 2 N–H and O–H groups in total. The molecular formula is C16H10Cl2N4O3S. The van der Waals surface area contributed by atoms with Crippen LogP contribution in [0.5, 0.6) is 5.75 Å². The summed E-state index contributed by atoms with van der Waals surface area (Å²) in [5.74, 6) is -0.399. The van der Waals surface area contributed by atoms with E-state index in [1.807, 2.05) is 5.38 Å². The highest BCUT2D eigenvalue weighted by molar-refractivity contribution is 7.14. The van der Waals surface area contributed by atoms with Gasteiger partial charge in [-0.25, -0.2) is 4.98 Å². The summed E-state index contributed by atoms with van der Waals surface area (Å²) in [7, 11) is 0. The first-order valence-corrected chi connectivity index (χ1v) is 8.75. The number of nitrogens with one attached hydrogen (secondary N) is 1. The van der Waals surface area contributed by atoms with E-state index < -0.39 is 10.7 Å². The molecule has 0 saturated heterocycles. The van der Waals surface area contributed by atoms with E-state index in [0.29, 0.717) is 26.4 Å². The summed E-state index contributed by atoms with van der Waals surface area (Å²) in [6, 6.07) is 9.12. The lowest BCUT2D eigenvalue weighted by Gasteiger charge is -2.00. The van der Waals surface area contributed by atoms with E-state index in [1.54, 1.807) is 18.2 Å². The molecule has 0 aliphatic carbocycles. The van der Waals surface area contributed by atoms with E-state index in [2.05, 4.69) is 15.5 Å². The highest BCUT2D eigenvalue weighted by Crippen LogP contribution is 2.32. The number of phenolic OH excluding ortho intramolecular Hbond substituents is 1. The zero-order valence-electron chi connectivity index (χ0n) is 12.9. The van der Waals surface area contributed by atoms with Gasteiger partial charge >= 0.3 is 5.69 Å². The van der Waals surface area contributed by atoms with Crippen molar-refractivity contribution in [1.29, 1.82) is 0 Å². The van der Waals surface area contributed by atoms with Crippen LogP contribution in [-0.4, -0.2) is 21.2 Å². The minimum absolute atomic E-state index is 0.386. The Morgan fingerprint density at radius 1 is 1.27 bits per heavy atom. The van der Waals surface area contributed by atoms with Crippen LogP contribution < -0.4 is 5.43 Å². The second kappa shape index (κ2) is 7.69. The van der Waals surface area contributed by atoms with Crippen molar-refractivity contribution in [2.24, 2.45) is 5.10 Å². The van der Waals surface area contributed by atoms with Crippen molar-refractivity contribution in [3.63, 3.8) is 0 Å². The van der Waals surface area contributed by atoms with Crippen molar-refractivity contribution >= 4 is 51.6 Å². The maximum atomic E-state index is 10.8. The predicted octanol–water partition coefficient (Wildman–Crippen LogP) is 5.18. The molecular weight excluding hydrogens is 399 g/mol. The van der Waals surface area contributed by atoms with Crippen molar-refractivity contribution in [2.75, 3.05) is 5.43 Å². The maximum absolute atomic E-state index is 10.8. The average molecular weight is 409 g/mol. The third-order valence-corrected chi connectivity index (χ3v) is 4.58. The Hall–Kier alpha value is -2.68. The predicted molar refractivity (Wildman–Crippen MR) is 104 cm³/mol. The molecule has 0 aliphatic heterocycles. The number of benzene rings is 2. The van der Waals surface area contributed by atoms with Crippen LogP contribution in [0.3, 0.4) is 0 Å². The van der Waals surface area contributed by atoms with Crippen LogP contribution in [0, 0.1) is 10.1 Å². The Balaban J connectivity index is 1.73. The van der Waals surface area contributed by atoms with Gasteiger partial charge in [0.25, 0.3) is 0 Å². The number of halogens is 2. The van der Waals surface area contributed by atoms with Crippen LogP contribution in [0.15, 0.2) is 46.9 Å². The number of hydrazone groups is 1. The third kappa shape index (κ3) is 4.10. The lowest BCUT2D eigenvalue weighted by molar-refractivity contribution is -0.385. The van der Waals surface area contributed by atoms with E-state index >= 15 is 0 Å². The van der Waals surface area contributed by atoms with Gasteiger partial charge in [-0.15, -0.1) is 11.3 Å². The zero-order valence-corrected chi connectivity index (χ0v) is 15.2. The van der Waals surface area contributed by atoms with Gasteiger partial charge in [-0.1, -0.05) is 23.2 Å². The second-order valence-corrected chi connectivity index (χ2v) is 6.74. The van der Waals surface area contributed by atoms with Crippen molar-refractivity contribution in [2.45, 2.75) is 0 Å². The topological polar surface area (TPSA) is 101 Å². The summed E-state index contributed by atoms with van der Waals surface area (Å²) in [6.45, 7) is 0. The molecule has 26 heavy (non-hydrogen) atoms. The first-order chi connectivity index (χ1) is 12.4. The van der Waals surface area contributed by atoms with Crippen LogP contribution in [0.2, 0.25) is 10.0 Å². The number of phenols is 1. The Morgan fingerprint density at radius 2 is 2.08 bits per heavy atom. The number of aromatic nitrogens is 1. The molecule has 3 rings (SSSR count). The fraction of sp³-hybridized carbons (Fsp3) is 0. The van der Waals surface area contributed by atoms with E-state index in [0.717, 1.165) is 5.56 Å². The number of nitrogens with zero attached hydrogens (tertiary/aromatic N) is 3. The molecule has 10 heteroatoms. The maximum Gasteiger partial charge on any atom is 0.311 e. The normalized spacial score (nSPS) is 11.0. The molecule has 0 atom stereocenters. The Labute approximate surface area is 161 Å². The van der Waals surface area contributed by atoms with E-state index in [4.69, 9.17) is 23.2 Å².